The molecule has 0 spiro atoms. The summed E-state index contributed by atoms with van der Waals surface area (Å²) < 4.78 is 7.67. The quantitative estimate of drug-likeness (QED) is 0.742. The molecule has 0 aliphatic rings. The van der Waals surface area contributed by atoms with Gasteiger partial charge in [-0.1, -0.05) is 11.6 Å². The summed E-state index contributed by atoms with van der Waals surface area (Å²) in [6.07, 6.45) is 3.00. The molecule has 0 radical (unpaired) electrons. The monoisotopic (exact) mass is 288 g/mol. The van der Waals surface area contributed by atoms with Gasteiger partial charge in [0.1, 0.15) is 18.2 Å². The minimum atomic E-state index is -0.179. The molecule has 5 nitrogen and oxygen atoms in total. The van der Waals surface area contributed by atoms with Crippen LogP contribution in [-0.2, 0) is 0 Å². The predicted octanol–water partition coefficient (Wildman–Crippen LogP) is 3.23. The second-order valence-corrected chi connectivity index (χ2v) is 4.95. The van der Waals surface area contributed by atoms with Crippen molar-refractivity contribution in [3.05, 3.63) is 53.1 Å². The van der Waals surface area contributed by atoms with E-state index in [1.165, 1.54) is 6.33 Å². The Morgan fingerprint density at radius 3 is 2.90 bits per heavy atom. The van der Waals surface area contributed by atoms with E-state index >= 15 is 0 Å². The molecule has 3 aromatic rings. The van der Waals surface area contributed by atoms with Gasteiger partial charge in [-0.05, 0) is 43.7 Å². The van der Waals surface area contributed by atoms with Crippen LogP contribution in [0.5, 0.6) is 5.75 Å². The first kappa shape index (κ1) is 12.9. The highest BCUT2D eigenvalue weighted by Crippen LogP contribution is 2.26. The van der Waals surface area contributed by atoms with Crippen LogP contribution >= 0.6 is 11.6 Å². The molecule has 6 heteroatoms. The van der Waals surface area contributed by atoms with Crippen molar-refractivity contribution in [2.24, 2.45) is 0 Å². The first-order valence-corrected chi connectivity index (χ1v) is 6.60. The molecule has 102 valence electrons. The van der Waals surface area contributed by atoms with Crippen molar-refractivity contribution in [1.29, 1.82) is 0 Å². The highest BCUT2D eigenvalue weighted by atomic mass is 35.5. The Balaban J connectivity index is 1.93. The fraction of sp³-hybridized carbons (Fsp3) is 0.214. The van der Waals surface area contributed by atoms with Gasteiger partial charge in [0.2, 0.25) is 0 Å². The minimum absolute atomic E-state index is 0.179. The van der Waals surface area contributed by atoms with E-state index in [9.17, 15) is 0 Å². The Morgan fingerprint density at radius 2 is 2.10 bits per heavy atom. The maximum atomic E-state index is 5.99. The van der Waals surface area contributed by atoms with Crippen LogP contribution < -0.4 is 4.74 Å². The van der Waals surface area contributed by atoms with Gasteiger partial charge in [0, 0.05) is 11.2 Å². The molecule has 0 fully saturated rings. The third-order valence-electron chi connectivity index (χ3n) is 3.07. The zero-order chi connectivity index (χ0) is 14.1. The zero-order valence-electron chi connectivity index (χ0n) is 11.1. The van der Waals surface area contributed by atoms with Gasteiger partial charge in [0.05, 0.1) is 5.69 Å². The Hall–Kier alpha value is -2.14. The number of hydrogen-bond acceptors (Lipinski definition) is 4. The number of aryl methyl sites for hydroxylation is 1. The van der Waals surface area contributed by atoms with Crippen molar-refractivity contribution in [2.75, 3.05) is 0 Å². The lowest BCUT2D eigenvalue weighted by atomic mass is 10.2. The topological polar surface area (TPSA) is 52.3 Å². The average Bonchev–Trinajstić information content (AvgIpc) is 2.90. The second-order valence-electron chi connectivity index (χ2n) is 4.51. The van der Waals surface area contributed by atoms with Crippen LogP contribution in [0.15, 0.2) is 36.8 Å². The van der Waals surface area contributed by atoms with Gasteiger partial charge >= 0.3 is 0 Å². The van der Waals surface area contributed by atoms with Gasteiger partial charge in [-0.2, -0.15) is 14.6 Å². The van der Waals surface area contributed by atoms with Crippen molar-refractivity contribution in [2.45, 2.75) is 20.0 Å². The molecular weight excluding hydrogens is 276 g/mol. The largest absolute Gasteiger partial charge is 0.484 e. The van der Waals surface area contributed by atoms with Crippen LogP contribution in [0.4, 0.5) is 0 Å². The molecule has 0 aliphatic carbocycles. The smallest absolute Gasteiger partial charge is 0.252 e. The fourth-order valence-electron chi connectivity index (χ4n) is 2.06. The SMILES string of the molecule is Cc1cc(Cl)ccc1OC(C)c1ccnc2ncnn12. The van der Waals surface area contributed by atoms with E-state index in [2.05, 4.69) is 15.1 Å². The number of aromatic nitrogens is 4. The molecule has 1 unspecified atom stereocenters. The van der Waals surface area contributed by atoms with Gasteiger partial charge in [-0.3, -0.25) is 0 Å². The molecule has 2 aromatic heterocycles. The van der Waals surface area contributed by atoms with Gasteiger partial charge < -0.3 is 4.74 Å². The van der Waals surface area contributed by atoms with E-state index in [-0.39, 0.29) is 6.10 Å². The van der Waals surface area contributed by atoms with E-state index in [1.54, 1.807) is 10.7 Å². The fourth-order valence-corrected chi connectivity index (χ4v) is 2.29. The second kappa shape index (κ2) is 5.09. The number of hydrogen-bond donors (Lipinski definition) is 0. The number of rotatable bonds is 3. The number of ether oxygens (including phenoxy) is 1. The first-order valence-electron chi connectivity index (χ1n) is 6.22. The summed E-state index contributed by atoms with van der Waals surface area (Å²) in [5.74, 6) is 1.36. The van der Waals surface area contributed by atoms with Crippen LogP contribution in [-0.4, -0.2) is 19.6 Å². The molecule has 0 saturated carbocycles. The summed E-state index contributed by atoms with van der Waals surface area (Å²) in [6, 6.07) is 7.43. The number of nitrogens with zero attached hydrogens (tertiary/aromatic N) is 4. The molecule has 0 N–H and O–H groups in total. The summed E-state index contributed by atoms with van der Waals surface area (Å²) in [5, 5.41) is 4.86. The van der Waals surface area contributed by atoms with Crippen molar-refractivity contribution < 1.29 is 4.74 Å². The molecule has 20 heavy (non-hydrogen) atoms. The Kier molecular flexibility index (Phi) is 3.28. The van der Waals surface area contributed by atoms with E-state index in [0.29, 0.717) is 10.8 Å². The molecule has 0 bridgehead atoms. The first-order chi connectivity index (χ1) is 9.65. The molecule has 0 saturated heterocycles. The molecular formula is C14H13ClN4O. The molecule has 1 atom stereocenters. The van der Waals surface area contributed by atoms with Crippen LogP contribution in [0.2, 0.25) is 5.02 Å². The molecule has 3 rings (SSSR count). The Morgan fingerprint density at radius 1 is 1.25 bits per heavy atom. The third-order valence-corrected chi connectivity index (χ3v) is 3.30. The molecule has 0 aliphatic heterocycles. The molecule has 1 aromatic carbocycles. The van der Waals surface area contributed by atoms with Crippen molar-refractivity contribution >= 4 is 17.4 Å². The lowest BCUT2D eigenvalue weighted by Gasteiger charge is -2.17. The lowest BCUT2D eigenvalue weighted by molar-refractivity contribution is 0.217. The summed E-state index contributed by atoms with van der Waals surface area (Å²) in [7, 11) is 0. The number of halogens is 1. The summed E-state index contributed by atoms with van der Waals surface area (Å²) >= 11 is 5.95. The van der Waals surface area contributed by atoms with Gasteiger partial charge in [0.25, 0.3) is 5.78 Å². The number of fused-ring (bicyclic) bond motifs is 1. The maximum Gasteiger partial charge on any atom is 0.252 e. The van der Waals surface area contributed by atoms with Crippen LogP contribution in [0.3, 0.4) is 0 Å². The standard InChI is InChI=1S/C14H13ClN4O/c1-9-7-11(15)3-4-13(9)20-10(2)12-5-6-16-14-17-8-18-19(12)14/h3-8,10H,1-2H3. The third kappa shape index (κ3) is 2.32. The maximum absolute atomic E-state index is 5.99. The van der Waals surface area contributed by atoms with Gasteiger partial charge in [-0.25, -0.2) is 4.98 Å². The Labute approximate surface area is 121 Å². The normalized spacial score (nSPS) is 12.6. The van der Waals surface area contributed by atoms with Crippen molar-refractivity contribution in [3.8, 4) is 5.75 Å². The minimum Gasteiger partial charge on any atom is -0.484 e. The van der Waals surface area contributed by atoms with E-state index in [0.717, 1.165) is 17.0 Å². The highest BCUT2D eigenvalue weighted by molar-refractivity contribution is 6.30. The zero-order valence-corrected chi connectivity index (χ0v) is 11.9. The molecule has 0 amide bonds. The Bertz CT molecular complexity index is 756. The van der Waals surface area contributed by atoms with Crippen LogP contribution in [0, 0.1) is 6.92 Å². The van der Waals surface area contributed by atoms with Crippen molar-refractivity contribution in [1.82, 2.24) is 19.6 Å². The summed E-state index contributed by atoms with van der Waals surface area (Å²) in [6.45, 7) is 3.93. The van der Waals surface area contributed by atoms with Crippen molar-refractivity contribution in [3.63, 3.8) is 0 Å². The van der Waals surface area contributed by atoms with E-state index in [4.69, 9.17) is 16.3 Å². The summed E-state index contributed by atoms with van der Waals surface area (Å²) in [4.78, 5) is 8.20. The van der Waals surface area contributed by atoms with Gasteiger partial charge in [-0.15, -0.1) is 0 Å². The molecule has 2 heterocycles. The lowest BCUT2D eigenvalue weighted by Crippen LogP contribution is -2.10. The van der Waals surface area contributed by atoms with Crippen LogP contribution in [0.25, 0.3) is 5.78 Å². The van der Waals surface area contributed by atoms with Gasteiger partial charge in [0.15, 0.2) is 0 Å². The van der Waals surface area contributed by atoms with Crippen LogP contribution in [0.1, 0.15) is 24.3 Å². The highest BCUT2D eigenvalue weighted by Gasteiger charge is 2.14. The predicted molar refractivity (Wildman–Crippen MR) is 76.0 cm³/mol. The van der Waals surface area contributed by atoms with E-state index < -0.39 is 0 Å². The number of benzene rings is 1. The summed E-state index contributed by atoms with van der Waals surface area (Å²) in [5.41, 5.74) is 1.88. The average molecular weight is 289 g/mol. The van der Waals surface area contributed by atoms with E-state index in [1.807, 2.05) is 38.1 Å².